The molecule has 1 N–H and O–H groups in total. The second-order valence-corrected chi connectivity index (χ2v) is 6.74. The highest BCUT2D eigenvalue weighted by Gasteiger charge is 2.34. The molecule has 1 aliphatic carbocycles. The molecule has 1 aromatic carbocycles. The van der Waals surface area contributed by atoms with Gasteiger partial charge in [0.25, 0.3) is 0 Å². The van der Waals surface area contributed by atoms with Crippen LogP contribution in [-0.2, 0) is 0 Å². The Morgan fingerprint density at radius 3 is 2.55 bits per heavy atom. The number of amidine groups is 1. The van der Waals surface area contributed by atoms with E-state index in [1.54, 1.807) is 7.11 Å². The first-order chi connectivity index (χ1) is 9.80. The Hall–Kier alpha value is -1.16. The average Bonchev–Trinajstić information content (AvgIpc) is 2.49. The van der Waals surface area contributed by atoms with Crippen molar-refractivity contribution in [3.05, 3.63) is 24.3 Å². The Balaban J connectivity index is 1.72. The molecule has 0 unspecified atom stereocenters. The second-order valence-electron chi connectivity index (χ2n) is 5.65. The van der Waals surface area contributed by atoms with Crippen LogP contribution in [0.5, 0.6) is 5.75 Å². The van der Waals surface area contributed by atoms with E-state index < -0.39 is 0 Å². The van der Waals surface area contributed by atoms with E-state index >= 15 is 0 Å². The molecule has 2 aliphatic rings. The minimum Gasteiger partial charge on any atom is -0.497 e. The van der Waals surface area contributed by atoms with E-state index in [0.29, 0.717) is 0 Å². The molecule has 1 saturated carbocycles. The Bertz CT molecular complexity index is 478. The average molecular weight is 290 g/mol. The molecule has 3 nitrogen and oxygen atoms in total. The summed E-state index contributed by atoms with van der Waals surface area (Å²) < 4.78 is 5.19. The number of benzene rings is 1. The summed E-state index contributed by atoms with van der Waals surface area (Å²) in [6, 6.07) is 8.05. The van der Waals surface area contributed by atoms with Gasteiger partial charge in [0.15, 0.2) is 5.17 Å². The number of anilines is 1. The molecule has 0 amide bonds. The lowest BCUT2D eigenvalue weighted by Gasteiger charge is -2.37. The Morgan fingerprint density at radius 2 is 1.85 bits per heavy atom. The van der Waals surface area contributed by atoms with Gasteiger partial charge in [0.05, 0.1) is 12.6 Å². The van der Waals surface area contributed by atoms with Crippen molar-refractivity contribution >= 4 is 22.6 Å². The van der Waals surface area contributed by atoms with E-state index in [1.165, 1.54) is 44.3 Å². The van der Waals surface area contributed by atoms with Crippen molar-refractivity contribution < 1.29 is 4.74 Å². The monoisotopic (exact) mass is 290 g/mol. The molecule has 4 heteroatoms. The van der Waals surface area contributed by atoms with Crippen LogP contribution in [0.25, 0.3) is 0 Å². The van der Waals surface area contributed by atoms with Gasteiger partial charge in [-0.05, 0) is 43.5 Å². The summed E-state index contributed by atoms with van der Waals surface area (Å²) in [4.78, 5) is 5.05. The predicted molar refractivity (Wildman–Crippen MR) is 86.9 cm³/mol. The SMILES string of the molecule is COc1ccc(NC2=NC3(CCCCC3)CCS2)cc1. The first-order valence-corrected chi connectivity index (χ1v) is 8.42. The molecule has 0 radical (unpaired) electrons. The van der Waals surface area contributed by atoms with Crippen LogP contribution < -0.4 is 10.1 Å². The van der Waals surface area contributed by atoms with Crippen LogP contribution in [0, 0.1) is 0 Å². The van der Waals surface area contributed by atoms with Gasteiger partial charge in [-0.3, -0.25) is 4.99 Å². The van der Waals surface area contributed by atoms with Gasteiger partial charge in [0, 0.05) is 11.4 Å². The molecule has 108 valence electrons. The maximum atomic E-state index is 5.19. The number of rotatable bonds is 2. The van der Waals surface area contributed by atoms with Gasteiger partial charge in [-0.2, -0.15) is 0 Å². The lowest BCUT2D eigenvalue weighted by Crippen LogP contribution is -2.35. The smallest absolute Gasteiger partial charge is 0.161 e. The van der Waals surface area contributed by atoms with E-state index in [0.717, 1.165) is 16.6 Å². The summed E-state index contributed by atoms with van der Waals surface area (Å²) in [5, 5.41) is 4.55. The lowest BCUT2D eigenvalue weighted by molar-refractivity contribution is 0.291. The minimum absolute atomic E-state index is 0.234. The molecule has 0 saturated heterocycles. The van der Waals surface area contributed by atoms with Gasteiger partial charge >= 0.3 is 0 Å². The van der Waals surface area contributed by atoms with Gasteiger partial charge in [-0.25, -0.2) is 0 Å². The highest BCUT2D eigenvalue weighted by molar-refractivity contribution is 8.14. The summed E-state index contributed by atoms with van der Waals surface area (Å²) in [6.07, 6.45) is 7.83. The molecule has 1 heterocycles. The molecular formula is C16H22N2OS. The normalized spacial score (nSPS) is 21.4. The number of nitrogens with zero attached hydrogens (tertiary/aromatic N) is 1. The number of thioether (sulfide) groups is 1. The molecule has 0 bridgehead atoms. The van der Waals surface area contributed by atoms with Crippen LogP contribution in [0.3, 0.4) is 0 Å². The first-order valence-electron chi connectivity index (χ1n) is 7.43. The molecule has 0 aromatic heterocycles. The zero-order valence-corrected chi connectivity index (χ0v) is 12.8. The van der Waals surface area contributed by atoms with Crippen molar-refractivity contribution in [1.82, 2.24) is 0 Å². The minimum atomic E-state index is 0.234. The van der Waals surface area contributed by atoms with E-state index in [4.69, 9.17) is 9.73 Å². The number of aliphatic imine (C=N–C) groups is 1. The highest BCUT2D eigenvalue weighted by Crippen LogP contribution is 2.39. The van der Waals surface area contributed by atoms with Gasteiger partial charge in [0.1, 0.15) is 5.75 Å². The Labute approximate surface area is 125 Å². The zero-order chi connectivity index (χ0) is 13.8. The number of nitrogens with one attached hydrogen (secondary N) is 1. The molecule has 3 rings (SSSR count). The molecule has 1 aromatic rings. The Kier molecular flexibility index (Phi) is 4.20. The van der Waals surface area contributed by atoms with Crippen LogP contribution in [0.2, 0.25) is 0 Å². The van der Waals surface area contributed by atoms with E-state index in [-0.39, 0.29) is 5.54 Å². The summed E-state index contributed by atoms with van der Waals surface area (Å²) in [7, 11) is 1.69. The third-order valence-corrected chi connectivity index (χ3v) is 5.15. The van der Waals surface area contributed by atoms with Crippen molar-refractivity contribution in [1.29, 1.82) is 0 Å². The fourth-order valence-electron chi connectivity index (χ4n) is 3.07. The van der Waals surface area contributed by atoms with E-state index in [1.807, 2.05) is 36.0 Å². The number of hydrogen-bond donors (Lipinski definition) is 1. The van der Waals surface area contributed by atoms with Crippen molar-refractivity contribution in [2.24, 2.45) is 4.99 Å². The fourth-order valence-corrected chi connectivity index (χ4v) is 4.20. The van der Waals surface area contributed by atoms with Crippen molar-refractivity contribution in [2.45, 2.75) is 44.1 Å². The van der Waals surface area contributed by atoms with E-state index in [9.17, 15) is 0 Å². The number of ether oxygens (including phenoxy) is 1. The van der Waals surface area contributed by atoms with Crippen LogP contribution >= 0.6 is 11.8 Å². The predicted octanol–water partition coefficient (Wildman–Crippen LogP) is 4.30. The summed E-state index contributed by atoms with van der Waals surface area (Å²) in [5.74, 6) is 2.07. The van der Waals surface area contributed by atoms with Gasteiger partial charge < -0.3 is 10.1 Å². The largest absolute Gasteiger partial charge is 0.497 e. The third-order valence-electron chi connectivity index (χ3n) is 4.27. The maximum Gasteiger partial charge on any atom is 0.161 e. The summed E-state index contributed by atoms with van der Waals surface area (Å²) >= 11 is 1.84. The van der Waals surface area contributed by atoms with Crippen LogP contribution in [-0.4, -0.2) is 23.6 Å². The van der Waals surface area contributed by atoms with Crippen LogP contribution in [0.1, 0.15) is 38.5 Å². The highest BCUT2D eigenvalue weighted by atomic mass is 32.2. The molecule has 1 aliphatic heterocycles. The lowest BCUT2D eigenvalue weighted by atomic mass is 9.80. The van der Waals surface area contributed by atoms with Crippen molar-refractivity contribution in [3.8, 4) is 5.75 Å². The second kappa shape index (κ2) is 6.08. The zero-order valence-electron chi connectivity index (χ0n) is 12.0. The number of methoxy groups -OCH3 is 1. The molecule has 1 fully saturated rings. The van der Waals surface area contributed by atoms with Crippen molar-refractivity contribution in [2.75, 3.05) is 18.2 Å². The summed E-state index contributed by atoms with van der Waals surface area (Å²) in [5.41, 5.74) is 1.32. The molecular weight excluding hydrogens is 268 g/mol. The molecule has 20 heavy (non-hydrogen) atoms. The number of hydrogen-bond acceptors (Lipinski definition) is 4. The maximum absolute atomic E-state index is 5.19. The fraction of sp³-hybridized carbons (Fsp3) is 0.562. The first kappa shape index (κ1) is 13.8. The van der Waals surface area contributed by atoms with Gasteiger partial charge in [-0.1, -0.05) is 31.0 Å². The van der Waals surface area contributed by atoms with Crippen molar-refractivity contribution in [3.63, 3.8) is 0 Å². The van der Waals surface area contributed by atoms with Gasteiger partial charge in [-0.15, -0.1) is 0 Å². The molecule has 1 spiro atoms. The standard InChI is InChI=1S/C16H22N2OS/c1-19-14-7-5-13(6-8-14)17-15-18-16(11-12-20-15)9-3-2-4-10-16/h5-8H,2-4,9-12H2,1H3,(H,17,18). The topological polar surface area (TPSA) is 33.6 Å². The van der Waals surface area contributed by atoms with Crippen LogP contribution in [0.4, 0.5) is 5.69 Å². The van der Waals surface area contributed by atoms with Gasteiger partial charge in [0.2, 0.25) is 0 Å². The Morgan fingerprint density at radius 1 is 1.10 bits per heavy atom. The summed E-state index contributed by atoms with van der Waals surface area (Å²) in [6.45, 7) is 0. The third kappa shape index (κ3) is 3.11. The van der Waals surface area contributed by atoms with E-state index in [2.05, 4.69) is 5.32 Å². The quantitative estimate of drug-likeness (QED) is 0.881. The molecule has 0 atom stereocenters. The van der Waals surface area contributed by atoms with Crippen LogP contribution in [0.15, 0.2) is 29.3 Å².